The van der Waals surface area contributed by atoms with Gasteiger partial charge >= 0.3 is 0 Å². The molecule has 9 heteroatoms. The molecule has 0 aromatic heterocycles. The molecule has 0 saturated heterocycles. The van der Waals surface area contributed by atoms with Crippen LogP contribution >= 0.6 is 23.2 Å². The van der Waals surface area contributed by atoms with Gasteiger partial charge in [0.05, 0.1) is 13.3 Å². The summed E-state index contributed by atoms with van der Waals surface area (Å²) in [4.78, 5) is 24.3. The second kappa shape index (κ2) is 12.8. The molecule has 0 bridgehead atoms. The van der Waals surface area contributed by atoms with Gasteiger partial charge in [0.15, 0.2) is 11.5 Å². The predicted octanol–water partition coefficient (Wildman–Crippen LogP) is 5.62. The van der Waals surface area contributed by atoms with Crippen LogP contribution in [0.25, 0.3) is 0 Å². The number of para-hydroxylation sites is 1. The van der Waals surface area contributed by atoms with Gasteiger partial charge in [-0.05, 0) is 53.9 Å². The lowest BCUT2D eigenvalue weighted by Gasteiger charge is -2.12. The van der Waals surface area contributed by atoms with Crippen LogP contribution in [0.4, 0.5) is 5.69 Å². The van der Waals surface area contributed by atoms with Crippen LogP contribution < -0.4 is 20.2 Å². The number of benzene rings is 3. The van der Waals surface area contributed by atoms with Gasteiger partial charge in [-0.15, -0.1) is 0 Å². The summed E-state index contributed by atoms with van der Waals surface area (Å²) in [7, 11) is 1.52. The third-order valence-electron chi connectivity index (χ3n) is 4.98. The highest BCUT2D eigenvalue weighted by Crippen LogP contribution is 2.29. The van der Waals surface area contributed by atoms with Gasteiger partial charge in [-0.2, -0.15) is 5.10 Å². The van der Waals surface area contributed by atoms with E-state index in [1.165, 1.54) is 13.3 Å². The Morgan fingerprint density at radius 2 is 1.77 bits per heavy atom. The first kappa shape index (κ1) is 26.1. The summed E-state index contributed by atoms with van der Waals surface area (Å²) in [5.74, 6) is 0.0603. The van der Waals surface area contributed by atoms with Crippen LogP contribution in [0.5, 0.6) is 11.5 Å². The fourth-order valence-corrected chi connectivity index (χ4v) is 3.65. The summed E-state index contributed by atoms with van der Waals surface area (Å²) < 4.78 is 11.2. The highest BCUT2D eigenvalue weighted by molar-refractivity contribution is 6.35. The van der Waals surface area contributed by atoms with Crippen LogP contribution in [-0.4, -0.2) is 25.1 Å². The Balaban J connectivity index is 1.53. The highest BCUT2D eigenvalue weighted by atomic mass is 35.5. The minimum atomic E-state index is -0.528. The Hall–Kier alpha value is -3.55. The molecule has 3 aromatic carbocycles. The quantitative estimate of drug-likeness (QED) is 0.209. The number of aryl methyl sites for hydroxylation is 1. The number of anilines is 1. The average Bonchev–Trinajstić information content (AvgIpc) is 2.84. The fraction of sp³-hybridized carbons (Fsp3) is 0.192. The molecule has 0 aliphatic carbocycles. The molecule has 35 heavy (non-hydrogen) atoms. The summed E-state index contributed by atoms with van der Waals surface area (Å²) >= 11 is 12.1. The van der Waals surface area contributed by atoms with Gasteiger partial charge in [0, 0.05) is 21.3 Å². The van der Waals surface area contributed by atoms with Crippen LogP contribution in [0.2, 0.25) is 10.0 Å². The Bertz CT molecular complexity index is 1230. The molecule has 0 saturated carbocycles. The van der Waals surface area contributed by atoms with Crippen molar-refractivity contribution < 1.29 is 19.1 Å². The summed E-state index contributed by atoms with van der Waals surface area (Å²) in [6.07, 6.45) is 1.87. The molecular formula is C26H25Cl2N3O4. The number of nitrogens with zero attached hydrogens (tertiary/aromatic N) is 1. The van der Waals surface area contributed by atoms with E-state index in [1.54, 1.807) is 42.5 Å². The van der Waals surface area contributed by atoms with Crippen molar-refractivity contribution in [3.05, 3.63) is 87.4 Å². The Labute approximate surface area is 214 Å². The molecule has 0 spiro atoms. The van der Waals surface area contributed by atoms with Crippen LogP contribution in [0.15, 0.2) is 65.8 Å². The minimum Gasteiger partial charge on any atom is -0.493 e. The molecule has 0 aliphatic rings. The second-order valence-corrected chi connectivity index (χ2v) is 8.31. The molecule has 3 rings (SSSR count). The van der Waals surface area contributed by atoms with Crippen molar-refractivity contribution in [3.8, 4) is 11.5 Å². The number of amides is 2. The smallest absolute Gasteiger partial charge is 0.249 e. The van der Waals surface area contributed by atoms with Gasteiger partial charge in [0.2, 0.25) is 11.8 Å². The lowest BCUT2D eigenvalue weighted by molar-refractivity contribution is -0.126. The normalized spacial score (nSPS) is 10.7. The molecule has 0 heterocycles. The van der Waals surface area contributed by atoms with Crippen molar-refractivity contribution >= 4 is 46.9 Å². The Kier molecular flexibility index (Phi) is 9.52. The molecule has 2 N–H and O–H groups in total. The van der Waals surface area contributed by atoms with Gasteiger partial charge in [0.1, 0.15) is 13.0 Å². The first-order chi connectivity index (χ1) is 16.9. The summed E-state index contributed by atoms with van der Waals surface area (Å²) in [5.41, 5.74) is 5.51. The van der Waals surface area contributed by atoms with Crippen LogP contribution in [-0.2, 0) is 22.6 Å². The van der Waals surface area contributed by atoms with Gasteiger partial charge in [0.25, 0.3) is 0 Å². The van der Waals surface area contributed by atoms with E-state index in [4.69, 9.17) is 32.7 Å². The number of methoxy groups -OCH3 is 1. The predicted molar refractivity (Wildman–Crippen MR) is 139 cm³/mol. The molecule has 0 atom stereocenters. The summed E-state index contributed by atoms with van der Waals surface area (Å²) in [5, 5.41) is 7.74. The summed E-state index contributed by atoms with van der Waals surface area (Å²) in [6, 6.07) is 17.8. The van der Waals surface area contributed by atoms with E-state index in [0.717, 1.165) is 17.5 Å². The maximum Gasteiger partial charge on any atom is 0.249 e. The van der Waals surface area contributed by atoms with E-state index < -0.39 is 11.8 Å². The third-order valence-corrected chi connectivity index (χ3v) is 5.57. The monoisotopic (exact) mass is 513 g/mol. The molecule has 0 aliphatic heterocycles. The number of nitrogens with one attached hydrogen (secondary N) is 2. The molecule has 3 aromatic rings. The van der Waals surface area contributed by atoms with Crippen molar-refractivity contribution in [2.45, 2.75) is 26.4 Å². The minimum absolute atomic E-state index is 0.237. The number of ether oxygens (including phenoxy) is 2. The SMILES string of the molecule is CCc1ccccc1NC(=O)CC(=O)NN=Cc1ccc(OCc2ccc(Cl)cc2Cl)c(OC)c1. The highest BCUT2D eigenvalue weighted by Gasteiger charge is 2.11. The number of hydrogen-bond donors (Lipinski definition) is 2. The molecule has 0 fully saturated rings. The zero-order valence-electron chi connectivity index (χ0n) is 19.3. The summed E-state index contributed by atoms with van der Waals surface area (Å²) in [6.45, 7) is 2.23. The Morgan fingerprint density at radius 3 is 2.51 bits per heavy atom. The number of halogens is 2. The fourth-order valence-electron chi connectivity index (χ4n) is 3.19. The maximum absolute atomic E-state index is 12.2. The maximum atomic E-state index is 12.2. The zero-order valence-corrected chi connectivity index (χ0v) is 20.8. The molecule has 0 unspecified atom stereocenters. The van der Waals surface area contributed by atoms with Gasteiger partial charge in [-0.1, -0.05) is 54.4 Å². The lowest BCUT2D eigenvalue weighted by atomic mass is 10.1. The molecule has 0 radical (unpaired) electrons. The number of carbonyl (C=O) groups is 2. The third kappa shape index (κ3) is 7.73. The average molecular weight is 514 g/mol. The number of hydrazone groups is 1. The van der Waals surface area contributed by atoms with Crippen molar-refractivity contribution in [2.24, 2.45) is 5.10 Å². The lowest BCUT2D eigenvalue weighted by Crippen LogP contribution is -2.25. The first-order valence-corrected chi connectivity index (χ1v) is 11.6. The largest absolute Gasteiger partial charge is 0.493 e. The van der Waals surface area contributed by atoms with Crippen LogP contribution in [0, 0.1) is 0 Å². The van der Waals surface area contributed by atoms with E-state index in [9.17, 15) is 9.59 Å². The van der Waals surface area contributed by atoms with Crippen molar-refractivity contribution in [2.75, 3.05) is 12.4 Å². The van der Waals surface area contributed by atoms with E-state index in [-0.39, 0.29) is 13.0 Å². The van der Waals surface area contributed by atoms with E-state index >= 15 is 0 Å². The molecule has 2 amide bonds. The number of carbonyl (C=O) groups excluding carboxylic acids is 2. The van der Waals surface area contributed by atoms with Gasteiger partial charge in [-0.3, -0.25) is 9.59 Å². The van der Waals surface area contributed by atoms with E-state index in [1.807, 2.05) is 25.1 Å². The van der Waals surface area contributed by atoms with Gasteiger partial charge < -0.3 is 14.8 Å². The molecular weight excluding hydrogens is 489 g/mol. The number of hydrogen-bond acceptors (Lipinski definition) is 5. The van der Waals surface area contributed by atoms with Crippen LogP contribution in [0.3, 0.4) is 0 Å². The van der Waals surface area contributed by atoms with Crippen LogP contribution in [0.1, 0.15) is 30.0 Å². The van der Waals surface area contributed by atoms with Crippen molar-refractivity contribution in [1.82, 2.24) is 5.43 Å². The standard InChI is InChI=1S/C26H25Cl2N3O4/c1-3-18-6-4-5-7-22(18)30-25(32)14-26(33)31-29-15-17-8-11-23(24(12-17)34-2)35-16-19-9-10-20(27)13-21(19)28/h4-13,15H,3,14,16H2,1-2H3,(H,30,32)(H,31,33). The topological polar surface area (TPSA) is 89.0 Å². The van der Waals surface area contributed by atoms with Crippen molar-refractivity contribution in [1.29, 1.82) is 0 Å². The Morgan fingerprint density at radius 1 is 0.971 bits per heavy atom. The second-order valence-electron chi connectivity index (χ2n) is 7.46. The zero-order chi connectivity index (χ0) is 25.2. The van der Waals surface area contributed by atoms with E-state index in [0.29, 0.717) is 32.8 Å². The molecule has 7 nitrogen and oxygen atoms in total. The molecule has 182 valence electrons. The van der Waals surface area contributed by atoms with E-state index in [2.05, 4.69) is 15.8 Å². The van der Waals surface area contributed by atoms with Gasteiger partial charge in [-0.25, -0.2) is 5.43 Å². The van der Waals surface area contributed by atoms with Crippen molar-refractivity contribution in [3.63, 3.8) is 0 Å². The first-order valence-electron chi connectivity index (χ1n) is 10.8. The number of rotatable bonds is 10.